The van der Waals surface area contributed by atoms with Crippen molar-refractivity contribution in [3.63, 3.8) is 0 Å². The van der Waals surface area contributed by atoms with E-state index in [2.05, 4.69) is 20.3 Å². The van der Waals surface area contributed by atoms with Crippen molar-refractivity contribution >= 4 is 11.8 Å². The number of benzene rings is 2. The lowest BCUT2D eigenvalue weighted by atomic mass is 10.1. The molecule has 0 aliphatic carbocycles. The lowest BCUT2D eigenvalue weighted by Crippen LogP contribution is -2.02. The number of thioether (sulfide) groups is 1. The molecular weight excluding hydrogens is 470 g/mol. The summed E-state index contributed by atoms with van der Waals surface area (Å²) in [6.45, 7) is 6.31. The maximum absolute atomic E-state index is 5.61. The van der Waals surface area contributed by atoms with Crippen molar-refractivity contribution in [1.82, 2.24) is 24.9 Å². The zero-order valence-corrected chi connectivity index (χ0v) is 21.3. The molecule has 0 unspecified atom stereocenters. The topological polar surface area (TPSA) is 107 Å². The van der Waals surface area contributed by atoms with Crippen molar-refractivity contribution < 1.29 is 23.5 Å². The number of nitrogens with zero attached hydrogens (tertiary/aromatic N) is 5. The molecule has 0 saturated carbocycles. The van der Waals surface area contributed by atoms with E-state index in [0.29, 0.717) is 46.6 Å². The molecule has 4 aromatic rings. The van der Waals surface area contributed by atoms with Gasteiger partial charge in [0.1, 0.15) is 5.75 Å². The lowest BCUT2D eigenvalue weighted by Gasteiger charge is -2.16. The second-order valence-corrected chi connectivity index (χ2v) is 8.73. The number of hydrogen-bond acceptors (Lipinski definition) is 10. The van der Waals surface area contributed by atoms with Gasteiger partial charge in [-0.1, -0.05) is 16.9 Å². The third kappa shape index (κ3) is 5.04. The fourth-order valence-electron chi connectivity index (χ4n) is 3.52. The number of ether oxygens (including phenoxy) is 4. The van der Waals surface area contributed by atoms with E-state index < -0.39 is 0 Å². The second kappa shape index (κ2) is 10.7. The number of aryl methyl sites for hydroxylation is 1. The van der Waals surface area contributed by atoms with Gasteiger partial charge in [0, 0.05) is 11.3 Å². The molecule has 0 spiro atoms. The summed E-state index contributed by atoms with van der Waals surface area (Å²) in [5.74, 6) is 4.02. The van der Waals surface area contributed by atoms with Crippen molar-refractivity contribution in [2.24, 2.45) is 0 Å². The van der Waals surface area contributed by atoms with Gasteiger partial charge in [-0.15, -0.1) is 10.2 Å². The monoisotopic (exact) mass is 497 g/mol. The number of aromatic nitrogens is 5. The molecule has 4 rings (SSSR count). The van der Waals surface area contributed by atoms with Crippen LogP contribution in [0.25, 0.3) is 17.1 Å². The summed E-state index contributed by atoms with van der Waals surface area (Å²) >= 11 is 1.46. The summed E-state index contributed by atoms with van der Waals surface area (Å²) in [6.07, 6.45) is 0. The van der Waals surface area contributed by atoms with Crippen LogP contribution in [0.15, 0.2) is 46.1 Å². The van der Waals surface area contributed by atoms with Gasteiger partial charge in [-0.2, -0.15) is 4.98 Å². The van der Waals surface area contributed by atoms with E-state index in [1.54, 1.807) is 28.3 Å². The predicted molar refractivity (Wildman–Crippen MR) is 131 cm³/mol. The van der Waals surface area contributed by atoms with Crippen molar-refractivity contribution in [3.05, 3.63) is 48.1 Å². The normalized spacial score (nSPS) is 11.8. The zero-order chi connectivity index (χ0) is 24.9. The third-order valence-electron chi connectivity index (χ3n) is 5.14. The Morgan fingerprint density at radius 3 is 2.23 bits per heavy atom. The summed E-state index contributed by atoms with van der Waals surface area (Å²) in [5, 5.41) is 13.4. The Balaban J connectivity index is 1.83. The van der Waals surface area contributed by atoms with Gasteiger partial charge in [0.25, 0.3) is 0 Å². The maximum atomic E-state index is 5.61. The predicted octanol–water partition coefficient (Wildman–Crippen LogP) is 4.90. The van der Waals surface area contributed by atoms with Crippen molar-refractivity contribution in [2.75, 3.05) is 27.9 Å². The molecule has 0 N–H and O–H groups in total. The Bertz CT molecular complexity index is 1260. The highest BCUT2D eigenvalue weighted by Crippen LogP contribution is 2.42. The molecule has 10 nitrogen and oxygen atoms in total. The van der Waals surface area contributed by atoms with Crippen LogP contribution in [0.2, 0.25) is 0 Å². The van der Waals surface area contributed by atoms with Crippen LogP contribution in [0.1, 0.15) is 30.8 Å². The molecule has 0 aliphatic rings. The molecule has 11 heteroatoms. The van der Waals surface area contributed by atoms with E-state index in [1.807, 2.05) is 54.8 Å². The van der Waals surface area contributed by atoms with Crippen LogP contribution >= 0.6 is 11.8 Å². The summed E-state index contributed by atoms with van der Waals surface area (Å²) in [7, 11) is 4.72. The largest absolute Gasteiger partial charge is 0.494 e. The fraction of sp³-hybridized carbons (Fsp3) is 0.333. The van der Waals surface area contributed by atoms with Crippen LogP contribution in [0, 0.1) is 6.92 Å². The fourth-order valence-corrected chi connectivity index (χ4v) is 4.42. The van der Waals surface area contributed by atoms with Crippen LogP contribution in [0.3, 0.4) is 0 Å². The summed E-state index contributed by atoms with van der Waals surface area (Å²) in [6, 6.07) is 11.4. The van der Waals surface area contributed by atoms with Crippen LogP contribution in [-0.2, 0) is 0 Å². The smallest absolute Gasteiger partial charge is 0.239 e. The minimum atomic E-state index is -0.144. The van der Waals surface area contributed by atoms with E-state index in [0.717, 1.165) is 17.0 Å². The molecule has 0 amide bonds. The van der Waals surface area contributed by atoms with Gasteiger partial charge in [0.15, 0.2) is 28.3 Å². The highest BCUT2D eigenvalue weighted by atomic mass is 32.2. The van der Waals surface area contributed by atoms with Crippen molar-refractivity contribution in [3.8, 4) is 40.1 Å². The van der Waals surface area contributed by atoms with Crippen LogP contribution in [0.4, 0.5) is 0 Å². The van der Waals surface area contributed by atoms with E-state index in [-0.39, 0.29) is 5.25 Å². The Labute approximate surface area is 207 Å². The van der Waals surface area contributed by atoms with Gasteiger partial charge in [-0.25, -0.2) is 0 Å². The summed E-state index contributed by atoms with van der Waals surface area (Å²) < 4.78 is 29.5. The van der Waals surface area contributed by atoms with E-state index in [1.165, 1.54) is 11.8 Å². The Kier molecular flexibility index (Phi) is 7.45. The van der Waals surface area contributed by atoms with E-state index >= 15 is 0 Å². The molecular formula is C24H27N5O5S. The maximum Gasteiger partial charge on any atom is 0.239 e. The van der Waals surface area contributed by atoms with Crippen molar-refractivity contribution in [1.29, 1.82) is 0 Å². The Morgan fingerprint density at radius 1 is 1.00 bits per heavy atom. The Morgan fingerprint density at radius 2 is 1.69 bits per heavy atom. The first-order valence-corrected chi connectivity index (χ1v) is 11.8. The quantitative estimate of drug-likeness (QED) is 0.281. The summed E-state index contributed by atoms with van der Waals surface area (Å²) in [5.41, 5.74) is 1.60. The molecule has 0 fully saturated rings. The highest BCUT2D eigenvalue weighted by Gasteiger charge is 2.24. The second-order valence-electron chi connectivity index (χ2n) is 7.42. The summed E-state index contributed by atoms with van der Waals surface area (Å²) in [4.78, 5) is 4.35. The first-order chi connectivity index (χ1) is 17.0. The number of rotatable bonds is 10. The molecule has 184 valence electrons. The van der Waals surface area contributed by atoms with Crippen LogP contribution < -0.4 is 18.9 Å². The molecule has 2 aromatic heterocycles. The number of hydrogen-bond donors (Lipinski definition) is 0. The first kappa shape index (κ1) is 24.4. The van der Waals surface area contributed by atoms with E-state index in [9.17, 15) is 0 Å². The average molecular weight is 498 g/mol. The highest BCUT2D eigenvalue weighted by molar-refractivity contribution is 7.99. The van der Waals surface area contributed by atoms with Gasteiger partial charge in [-0.05, 0) is 57.2 Å². The molecule has 0 radical (unpaired) electrons. The molecule has 2 heterocycles. The van der Waals surface area contributed by atoms with Crippen molar-refractivity contribution in [2.45, 2.75) is 31.2 Å². The minimum Gasteiger partial charge on any atom is -0.494 e. The molecule has 0 bridgehead atoms. The minimum absolute atomic E-state index is 0.144. The molecule has 2 aromatic carbocycles. The molecule has 1 atom stereocenters. The lowest BCUT2D eigenvalue weighted by molar-refractivity contribution is 0.324. The van der Waals surface area contributed by atoms with Gasteiger partial charge in [-0.3, -0.25) is 4.57 Å². The molecule has 0 aliphatic heterocycles. The van der Waals surface area contributed by atoms with Gasteiger partial charge >= 0.3 is 0 Å². The molecule has 35 heavy (non-hydrogen) atoms. The first-order valence-electron chi connectivity index (χ1n) is 10.9. The van der Waals surface area contributed by atoms with Crippen LogP contribution in [0.5, 0.6) is 23.0 Å². The van der Waals surface area contributed by atoms with Crippen LogP contribution in [-0.4, -0.2) is 52.8 Å². The third-order valence-corrected chi connectivity index (χ3v) is 6.17. The van der Waals surface area contributed by atoms with Gasteiger partial charge < -0.3 is 23.5 Å². The molecule has 0 saturated heterocycles. The van der Waals surface area contributed by atoms with E-state index in [4.69, 9.17) is 23.5 Å². The zero-order valence-electron chi connectivity index (χ0n) is 20.4. The van der Waals surface area contributed by atoms with Gasteiger partial charge in [0.2, 0.25) is 11.6 Å². The standard InChI is InChI=1S/C24H27N5O5S/c1-7-33-18-10-8-17(9-11-18)29-22(16-12-19(30-4)21(32-6)20(13-16)31-5)26-27-24(29)35-14(2)23-25-15(3)28-34-23/h8-14H,7H2,1-6H3/t14-/m0/s1. The number of methoxy groups -OCH3 is 3. The SMILES string of the molecule is CCOc1ccc(-n2c(S[C@@H](C)c3nc(C)no3)nnc2-c2cc(OC)c(OC)c(OC)c2)cc1. The average Bonchev–Trinajstić information content (AvgIpc) is 3.50. The van der Waals surface area contributed by atoms with Gasteiger partial charge in [0.05, 0.1) is 33.2 Å². The Hall–Kier alpha value is -3.73.